The number of morpholine rings is 1. The van der Waals surface area contributed by atoms with Gasteiger partial charge in [0.2, 0.25) is 0 Å². The number of rotatable bonds is 2. The van der Waals surface area contributed by atoms with Crippen LogP contribution in [0.15, 0.2) is 18.2 Å². The molecule has 1 aliphatic heterocycles. The lowest BCUT2D eigenvalue weighted by atomic mass is 10.1. The first-order valence-electron chi connectivity index (χ1n) is 5.86. The molecule has 2 atom stereocenters. The summed E-state index contributed by atoms with van der Waals surface area (Å²) in [6, 6.07) is 3.74. The zero-order valence-corrected chi connectivity index (χ0v) is 10.1. The maximum Gasteiger partial charge on any atom is 0.130 e. The zero-order chi connectivity index (χ0) is 12.4. The smallest absolute Gasteiger partial charge is 0.130 e. The Kier molecular flexibility index (Phi) is 3.74. The minimum atomic E-state index is -0.532. The van der Waals surface area contributed by atoms with Crippen LogP contribution in [0.2, 0.25) is 0 Å². The van der Waals surface area contributed by atoms with Gasteiger partial charge >= 0.3 is 0 Å². The van der Waals surface area contributed by atoms with E-state index < -0.39 is 11.6 Å². The van der Waals surface area contributed by atoms with Crippen molar-refractivity contribution < 1.29 is 13.5 Å². The van der Waals surface area contributed by atoms with Crippen LogP contribution < -0.4 is 0 Å². The van der Waals surface area contributed by atoms with Crippen molar-refractivity contribution in [1.29, 1.82) is 0 Å². The van der Waals surface area contributed by atoms with E-state index in [-0.39, 0.29) is 12.2 Å². The van der Waals surface area contributed by atoms with E-state index in [9.17, 15) is 8.78 Å². The Hall–Kier alpha value is -1.00. The fraction of sp³-hybridized carbons (Fsp3) is 0.538. The lowest BCUT2D eigenvalue weighted by Crippen LogP contribution is -2.44. The molecule has 1 saturated heterocycles. The highest BCUT2D eigenvalue weighted by Crippen LogP contribution is 2.16. The van der Waals surface area contributed by atoms with E-state index in [1.165, 1.54) is 12.1 Å². The third-order valence-electron chi connectivity index (χ3n) is 2.90. The quantitative estimate of drug-likeness (QED) is 0.789. The van der Waals surface area contributed by atoms with E-state index in [1.54, 1.807) is 0 Å². The molecule has 0 saturated carbocycles. The van der Waals surface area contributed by atoms with Gasteiger partial charge in [-0.15, -0.1) is 0 Å². The van der Waals surface area contributed by atoms with Crippen molar-refractivity contribution in [2.45, 2.75) is 32.6 Å². The van der Waals surface area contributed by atoms with Gasteiger partial charge in [0.25, 0.3) is 0 Å². The summed E-state index contributed by atoms with van der Waals surface area (Å²) in [5, 5.41) is 0. The Bertz CT molecular complexity index is 387. The van der Waals surface area contributed by atoms with Crippen molar-refractivity contribution in [2.75, 3.05) is 13.1 Å². The Labute approximate surface area is 100 Å². The maximum atomic E-state index is 13.5. The Morgan fingerprint density at radius 2 is 1.88 bits per heavy atom. The van der Waals surface area contributed by atoms with Gasteiger partial charge in [-0.1, -0.05) is 6.07 Å². The average Bonchev–Trinajstić information content (AvgIpc) is 2.21. The molecule has 17 heavy (non-hydrogen) atoms. The van der Waals surface area contributed by atoms with Gasteiger partial charge in [0.15, 0.2) is 0 Å². The highest BCUT2D eigenvalue weighted by Gasteiger charge is 2.22. The van der Waals surface area contributed by atoms with Crippen molar-refractivity contribution in [1.82, 2.24) is 4.90 Å². The molecular formula is C13H17F2NO. The SMILES string of the molecule is C[C@H]1CN(Cc2ccc(F)cc2F)C[C@H](C)O1. The summed E-state index contributed by atoms with van der Waals surface area (Å²) in [7, 11) is 0. The second kappa shape index (κ2) is 5.10. The number of hydrogen-bond acceptors (Lipinski definition) is 2. The van der Waals surface area contributed by atoms with Crippen molar-refractivity contribution in [3.63, 3.8) is 0 Å². The molecule has 0 N–H and O–H groups in total. The molecule has 1 aliphatic rings. The summed E-state index contributed by atoms with van der Waals surface area (Å²) in [4.78, 5) is 2.13. The van der Waals surface area contributed by atoms with Gasteiger partial charge in [0.1, 0.15) is 11.6 Å². The fourth-order valence-electron chi connectivity index (χ4n) is 2.30. The zero-order valence-electron chi connectivity index (χ0n) is 10.1. The van der Waals surface area contributed by atoms with Gasteiger partial charge in [-0.25, -0.2) is 8.78 Å². The van der Waals surface area contributed by atoms with E-state index >= 15 is 0 Å². The molecule has 1 fully saturated rings. The lowest BCUT2D eigenvalue weighted by Gasteiger charge is -2.35. The van der Waals surface area contributed by atoms with Gasteiger partial charge in [-0.3, -0.25) is 4.90 Å². The average molecular weight is 241 g/mol. The molecule has 0 radical (unpaired) electrons. The summed E-state index contributed by atoms with van der Waals surface area (Å²) in [5.74, 6) is -1.01. The molecule has 0 spiro atoms. The van der Waals surface area contributed by atoms with E-state index in [0.29, 0.717) is 12.1 Å². The summed E-state index contributed by atoms with van der Waals surface area (Å²) in [5.41, 5.74) is 0.535. The molecule has 2 rings (SSSR count). The molecule has 1 aromatic rings. The first kappa shape index (κ1) is 12.5. The van der Waals surface area contributed by atoms with Crippen molar-refractivity contribution >= 4 is 0 Å². The number of hydrogen-bond donors (Lipinski definition) is 0. The molecule has 1 aromatic carbocycles. The first-order chi connectivity index (χ1) is 8.04. The molecule has 1 heterocycles. The minimum Gasteiger partial charge on any atom is -0.373 e. The van der Waals surface area contributed by atoms with Crippen molar-refractivity contribution in [3.8, 4) is 0 Å². The maximum absolute atomic E-state index is 13.5. The normalized spacial score (nSPS) is 26.1. The van der Waals surface area contributed by atoms with E-state index in [1.807, 2.05) is 13.8 Å². The monoisotopic (exact) mass is 241 g/mol. The van der Waals surface area contributed by atoms with Gasteiger partial charge in [-0.2, -0.15) is 0 Å². The molecule has 0 aliphatic carbocycles. The van der Waals surface area contributed by atoms with Gasteiger partial charge in [-0.05, 0) is 19.9 Å². The number of benzene rings is 1. The summed E-state index contributed by atoms with van der Waals surface area (Å²) < 4.78 is 31.9. The van der Waals surface area contributed by atoms with E-state index in [4.69, 9.17) is 4.74 Å². The first-order valence-corrected chi connectivity index (χ1v) is 5.86. The second-order valence-corrected chi connectivity index (χ2v) is 4.69. The van der Waals surface area contributed by atoms with Crippen LogP contribution in [-0.4, -0.2) is 30.2 Å². The van der Waals surface area contributed by atoms with Gasteiger partial charge < -0.3 is 4.74 Å². The van der Waals surface area contributed by atoms with Crippen molar-refractivity contribution in [3.05, 3.63) is 35.4 Å². The molecule has 2 nitrogen and oxygen atoms in total. The minimum absolute atomic E-state index is 0.155. The van der Waals surface area contributed by atoms with Crippen LogP contribution in [0.1, 0.15) is 19.4 Å². The highest BCUT2D eigenvalue weighted by molar-refractivity contribution is 5.18. The summed E-state index contributed by atoms with van der Waals surface area (Å²) in [6.45, 7) is 6.07. The summed E-state index contributed by atoms with van der Waals surface area (Å²) in [6.07, 6.45) is 0.310. The van der Waals surface area contributed by atoms with Crippen LogP contribution in [-0.2, 0) is 11.3 Å². The molecule has 0 aromatic heterocycles. The highest BCUT2D eigenvalue weighted by atomic mass is 19.1. The van der Waals surface area contributed by atoms with Crippen LogP contribution in [0, 0.1) is 11.6 Å². The number of halogens is 2. The molecule has 94 valence electrons. The Morgan fingerprint density at radius 3 is 2.47 bits per heavy atom. The van der Waals surface area contributed by atoms with Gasteiger partial charge in [0, 0.05) is 31.3 Å². The third kappa shape index (κ3) is 3.23. The van der Waals surface area contributed by atoms with Crippen LogP contribution in [0.3, 0.4) is 0 Å². The number of nitrogens with zero attached hydrogens (tertiary/aromatic N) is 1. The Morgan fingerprint density at radius 1 is 1.24 bits per heavy atom. The predicted molar refractivity (Wildman–Crippen MR) is 61.6 cm³/mol. The number of ether oxygens (including phenoxy) is 1. The molecule has 4 heteroatoms. The standard InChI is InChI=1S/C13H17F2NO/c1-9-6-16(7-10(2)17-9)8-11-3-4-12(14)5-13(11)15/h3-5,9-10H,6-8H2,1-2H3/t9-,10-/m0/s1. The second-order valence-electron chi connectivity index (χ2n) is 4.69. The molecular weight excluding hydrogens is 224 g/mol. The van der Waals surface area contributed by atoms with Gasteiger partial charge in [0.05, 0.1) is 12.2 Å². The van der Waals surface area contributed by atoms with E-state index in [2.05, 4.69) is 4.90 Å². The predicted octanol–water partition coefficient (Wildman–Crippen LogP) is 2.57. The fourth-order valence-corrected chi connectivity index (χ4v) is 2.30. The molecule has 0 unspecified atom stereocenters. The third-order valence-corrected chi connectivity index (χ3v) is 2.90. The van der Waals surface area contributed by atoms with Crippen LogP contribution >= 0.6 is 0 Å². The molecule has 0 amide bonds. The van der Waals surface area contributed by atoms with Crippen LogP contribution in [0.4, 0.5) is 8.78 Å². The van der Waals surface area contributed by atoms with Crippen LogP contribution in [0.5, 0.6) is 0 Å². The van der Waals surface area contributed by atoms with E-state index in [0.717, 1.165) is 19.2 Å². The van der Waals surface area contributed by atoms with Crippen molar-refractivity contribution in [2.24, 2.45) is 0 Å². The topological polar surface area (TPSA) is 12.5 Å². The molecule has 0 bridgehead atoms. The lowest BCUT2D eigenvalue weighted by molar-refractivity contribution is -0.0707. The summed E-state index contributed by atoms with van der Waals surface area (Å²) >= 11 is 0. The largest absolute Gasteiger partial charge is 0.373 e. The van der Waals surface area contributed by atoms with Crippen LogP contribution in [0.25, 0.3) is 0 Å². The Balaban J connectivity index is 2.04.